The van der Waals surface area contributed by atoms with Gasteiger partial charge in [-0.05, 0) is 38.5 Å². The molecular weight excluding hydrogens is 356 g/mol. The maximum atomic E-state index is 13.4. The summed E-state index contributed by atoms with van der Waals surface area (Å²) in [5, 5.41) is 8.10. The molecule has 7 nitrogen and oxygen atoms in total. The molecule has 0 spiro atoms. The van der Waals surface area contributed by atoms with Crippen molar-refractivity contribution in [3.63, 3.8) is 0 Å². The van der Waals surface area contributed by atoms with Crippen molar-refractivity contribution in [3.8, 4) is 11.7 Å². The summed E-state index contributed by atoms with van der Waals surface area (Å²) in [6, 6.07) is 2.47. The maximum Gasteiger partial charge on any atom is 0.296 e. The van der Waals surface area contributed by atoms with Crippen molar-refractivity contribution in [3.05, 3.63) is 17.6 Å². The summed E-state index contributed by atoms with van der Waals surface area (Å²) in [4.78, 5) is 19.9. The molecule has 0 saturated heterocycles. The van der Waals surface area contributed by atoms with E-state index in [1.807, 2.05) is 6.07 Å². The van der Waals surface area contributed by atoms with E-state index in [-0.39, 0.29) is 17.6 Å². The minimum Gasteiger partial charge on any atom is -0.351 e. The molecule has 150 valence electrons. The highest BCUT2D eigenvalue weighted by Gasteiger charge is 2.35. The molecule has 2 heterocycles. The van der Waals surface area contributed by atoms with Gasteiger partial charge >= 0.3 is 0 Å². The number of hydrogen-bond acceptors (Lipinski definition) is 6. The molecule has 3 aliphatic carbocycles. The van der Waals surface area contributed by atoms with Crippen LogP contribution in [0.1, 0.15) is 99.3 Å². The Balaban J connectivity index is 1.37. The first-order chi connectivity index (χ1) is 13.8. The lowest BCUT2D eigenvalue weighted by Crippen LogP contribution is -2.49. The molecule has 0 aromatic carbocycles. The Hall–Kier alpha value is -2.18. The van der Waals surface area contributed by atoms with Gasteiger partial charge in [0.25, 0.3) is 17.6 Å². The minimum atomic E-state index is -0.0873. The summed E-state index contributed by atoms with van der Waals surface area (Å²) in [6.45, 7) is 0. The molecule has 2 aromatic heterocycles. The van der Waals surface area contributed by atoms with Gasteiger partial charge in [-0.1, -0.05) is 48.8 Å². The molecule has 3 fully saturated rings. The fourth-order valence-electron chi connectivity index (χ4n) is 4.84. The Bertz CT molecular complexity index is 795. The first kappa shape index (κ1) is 17.9. The van der Waals surface area contributed by atoms with Gasteiger partial charge in [0.15, 0.2) is 0 Å². The van der Waals surface area contributed by atoms with E-state index < -0.39 is 0 Å². The van der Waals surface area contributed by atoms with Crippen LogP contribution in [0.25, 0.3) is 11.7 Å². The van der Waals surface area contributed by atoms with Gasteiger partial charge in [-0.25, -0.2) is 0 Å². The molecule has 28 heavy (non-hydrogen) atoms. The Kier molecular flexibility index (Phi) is 4.91. The number of nitrogens with zero attached hydrogens (tertiary/aromatic N) is 4. The predicted molar refractivity (Wildman–Crippen MR) is 102 cm³/mol. The van der Waals surface area contributed by atoms with E-state index in [1.54, 1.807) is 0 Å². The lowest BCUT2D eigenvalue weighted by molar-refractivity contribution is 0.0433. The van der Waals surface area contributed by atoms with Crippen LogP contribution in [0.15, 0.2) is 15.1 Å². The van der Waals surface area contributed by atoms with Gasteiger partial charge in [-0.2, -0.15) is 4.98 Å². The molecule has 0 atom stereocenters. The Morgan fingerprint density at radius 3 is 2.11 bits per heavy atom. The second-order valence-electron chi connectivity index (χ2n) is 8.61. The van der Waals surface area contributed by atoms with E-state index in [0.717, 1.165) is 44.2 Å². The normalized spacial score (nSPS) is 21.7. The van der Waals surface area contributed by atoms with E-state index in [4.69, 9.17) is 9.05 Å². The number of hydrogen-bond donors (Lipinski definition) is 0. The zero-order valence-corrected chi connectivity index (χ0v) is 16.3. The van der Waals surface area contributed by atoms with Crippen LogP contribution < -0.4 is 0 Å². The van der Waals surface area contributed by atoms with Crippen LogP contribution in [-0.2, 0) is 0 Å². The molecule has 3 aliphatic rings. The number of amides is 1. The molecule has 0 N–H and O–H groups in total. The third-order valence-electron chi connectivity index (χ3n) is 6.52. The number of carbonyl (C=O) groups excluding carboxylic acids is 1. The molecule has 0 unspecified atom stereocenters. The highest BCUT2D eigenvalue weighted by atomic mass is 16.5. The third kappa shape index (κ3) is 3.59. The van der Waals surface area contributed by atoms with Gasteiger partial charge < -0.3 is 13.9 Å². The smallest absolute Gasteiger partial charge is 0.296 e. The summed E-state index contributed by atoms with van der Waals surface area (Å²) in [5.74, 6) is 1.26. The van der Waals surface area contributed by atoms with Crippen molar-refractivity contribution in [2.24, 2.45) is 0 Å². The highest BCUT2D eigenvalue weighted by molar-refractivity contribution is 5.91. The number of aromatic nitrogens is 3. The monoisotopic (exact) mass is 384 g/mol. The summed E-state index contributed by atoms with van der Waals surface area (Å²) >= 11 is 0. The predicted octanol–water partition coefficient (Wildman–Crippen LogP) is 4.71. The first-order valence-corrected chi connectivity index (χ1v) is 10.9. The first-order valence-electron chi connectivity index (χ1n) is 10.9. The van der Waals surface area contributed by atoms with Gasteiger partial charge in [-0.15, -0.1) is 0 Å². The van der Waals surface area contributed by atoms with Crippen molar-refractivity contribution in [1.29, 1.82) is 0 Å². The van der Waals surface area contributed by atoms with Gasteiger partial charge in [0, 0.05) is 24.1 Å². The summed E-state index contributed by atoms with van der Waals surface area (Å²) in [6.07, 6.45) is 13.9. The standard InChI is InChI=1S/C21H28N4O3/c26-21(25(15-7-3-1-4-8-15)16-9-5-2-6-10-16)19-22-20(28-24-19)18-13-17(23-27-18)14-11-12-14/h13-16H,1-12H2. The Morgan fingerprint density at radius 2 is 1.50 bits per heavy atom. The van der Waals surface area contributed by atoms with E-state index in [2.05, 4.69) is 20.2 Å². The Morgan fingerprint density at radius 1 is 0.857 bits per heavy atom. The molecule has 0 bridgehead atoms. The fourth-order valence-corrected chi connectivity index (χ4v) is 4.84. The van der Waals surface area contributed by atoms with Crippen molar-refractivity contribution in [1.82, 2.24) is 20.2 Å². The lowest BCUT2D eigenvalue weighted by atomic mass is 9.88. The highest BCUT2D eigenvalue weighted by Crippen LogP contribution is 2.40. The topological polar surface area (TPSA) is 85.3 Å². The average molecular weight is 384 g/mol. The van der Waals surface area contributed by atoms with Crippen LogP contribution in [0.5, 0.6) is 0 Å². The second-order valence-corrected chi connectivity index (χ2v) is 8.61. The van der Waals surface area contributed by atoms with Gasteiger partial charge in [-0.3, -0.25) is 4.79 Å². The average Bonchev–Trinajstić information content (AvgIpc) is 3.27. The summed E-state index contributed by atoms with van der Waals surface area (Å²) in [7, 11) is 0. The van der Waals surface area contributed by atoms with Crippen molar-refractivity contribution >= 4 is 5.91 Å². The van der Waals surface area contributed by atoms with Crippen LogP contribution in [-0.4, -0.2) is 38.2 Å². The number of carbonyl (C=O) groups is 1. The van der Waals surface area contributed by atoms with E-state index >= 15 is 0 Å². The van der Waals surface area contributed by atoms with Gasteiger partial charge in [0.2, 0.25) is 5.76 Å². The molecule has 3 saturated carbocycles. The molecule has 0 aliphatic heterocycles. The van der Waals surface area contributed by atoms with Crippen LogP contribution in [0, 0.1) is 0 Å². The van der Waals surface area contributed by atoms with Crippen molar-refractivity contribution in [2.75, 3.05) is 0 Å². The SMILES string of the molecule is O=C(c1noc(-c2cc(C3CC3)no2)n1)N(C1CCCCC1)C1CCCCC1. The Labute approximate surface area is 164 Å². The van der Waals surface area contributed by atoms with Crippen LogP contribution in [0.4, 0.5) is 0 Å². The van der Waals surface area contributed by atoms with E-state index in [1.165, 1.54) is 38.5 Å². The minimum absolute atomic E-state index is 0.0873. The maximum absolute atomic E-state index is 13.4. The molecule has 2 aromatic rings. The molecule has 1 amide bonds. The van der Waals surface area contributed by atoms with Crippen molar-refractivity contribution in [2.45, 2.75) is 95.1 Å². The zero-order valence-electron chi connectivity index (χ0n) is 16.3. The van der Waals surface area contributed by atoms with Gasteiger partial charge in [0.1, 0.15) is 0 Å². The number of rotatable bonds is 5. The van der Waals surface area contributed by atoms with E-state index in [0.29, 0.717) is 23.8 Å². The zero-order chi connectivity index (χ0) is 18.9. The second kappa shape index (κ2) is 7.68. The fraction of sp³-hybridized carbons (Fsp3) is 0.714. The third-order valence-corrected chi connectivity index (χ3v) is 6.52. The quantitative estimate of drug-likeness (QED) is 0.742. The molecular formula is C21H28N4O3. The summed E-state index contributed by atoms with van der Waals surface area (Å²) < 4.78 is 10.7. The van der Waals surface area contributed by atoms with Gasteiger partial charge in [0.05, 0.1) is 5.69 Å². The summed E-state index contributed by atoms with van der Waals surface area (Å²) in [5.41, 5.74) is 0.937. The molecule has 7 heteroatoms. The van der Waals surface area contributed by atoms with Crippen LogP contribution in [0.3, 0.4) is 0 Å². The molecule has 0 radical (unpaired) electrons. The van der Waals surface area contributed by atoms with Crippen molar-refractivity contribution < 1.29 is 13.8 Å². The largest absolute Gasteiger partial charge is 0.351 e. The van der Waals surface area contributed by atoms with E-state index in [9.17, 15) is 4.79 Å². The molecule has 5 rings (SSSR count). The lowest BCUT2D eigenvalue weighted by Gasteiger charge is -2.41. The van der Waals surface area contributed by atoms with Crippen LogP contribution >= 0.6 is 0 Å². The van der Waals surface area contributed by atoms with Crippen LogP contribution in [0.2, 0.25) is 0 Å².